The van der Waals surface area contributed by atoms with Crippen molar-refractivity contribution in [2.75, 3.05) is 11.9 Å². The van der Waals surface area contributed by atoms with Crippen molar-refractivity contribution in [3.8, 4) is 11.5 Å². The molecule has 0 aromatic heterocycles. The molecule has 4 nitrogen and oxygen atoms in total. The number of para-hydroxylation sites is 1. The van der Waals surface area contributed by atoms with Gasteiger partial charge in [0.1, 0.15) is 0 Å². The fourth-order valence-electron chi connectivity index (χ4n) is 1.40. The number of hydrogen-bond donors (Lipinski definition) is 2. The predicted octanol–water partition coefficient (Wildman–Crippen LogP) is 3.15. The minimum atomic E-state index is -0.298. The number of rotatable bonds is 5. The van der Waals surface area contributed by atoms with Crippen LogP contribution in [0.25, 0.3) is 0 Å². The molecule has 0 aliphatic carbocycles. The van der Waals surface area contributed by atoms with Crippen molar-refractivity contribution >= 4 is 27.5 Å². The molecule has 5 heteroatoms. The third kappa shape index (κ3) is 3.63. The number of aromatic hydroxyl groups is 1. The molecule has 100 valence electrons. The Balaban J connectivity index is 2.85. The largest absolute Gasteiger partial charge is 0.503 e. The van der Waals surface area contributed by atoms with Crippen LogP contribution in [-0.2, 0) is 4.79 Å². The van der Waals surface area contributed by atoms with Crippen LogP contribution in [0, 0.1) is 5.92 Å². The minimum Gasteiger partial charge on any atom is -0.503 e. The van der Waals surface area contributed by atoms with Gasteiger partial charge >= 0.3 is 0 Å². The quantitative estimate of drug-likeness (QED) is 0.648. The molecule has 1 atom stereocenters. The van der Waals surface area contributed by atoms with Crippen molar-refractivity contribution in [1.29, 1.82) is 0 Å². The number of carbonyl (C=O) groups is 1. The third-order valence-corrected chi connectivity index (χ3v) is 3.87. The highest BCUT2D eigenvalue weighted by molar-refractivity contribution is 9.10. The highest BCUT2D eigenvalue weighted by Crippen LogP contribution is 2.34. The molecule has 0 heterocycles. The number of phenols is 1. The molecule has 0 aliphatic heterocycles. The summed E-state index contributed by atoms with van der Waals surface area (Å²) in [6, 6.07) is 5.01. The molecule has 0 bridgehead atoms. The van der Waals surface area contributed by atoms with E-state index in [-0.39, 0.29) is 22.4 Å². The maximum absolute atomic E-state index is 11.9. The molecule has 1 amide bonds. The van der Waals surface area contributed by atoms with E-state index in [1.165, 1.54) is 0 Å². The zero-order valence-electron chi connectivity index (χ0n) is 10.7. The molecule has 0 saturated heterocycles. The summed E-state index contributed by atoms with van der Waals surface area (Å²) >= 11 is 3.31. The summed E-state index contributed by atoms with van der Waals surface area (Å²) in [5.74, 6) is 0.304. The second-order valence-corrected chi connectivity index (χ2v) is 5.21. The summed E-state index contributed by atoms with van der Waals surface area (Å²) in [5, 5.41) is 12.6. The maximum atomic E-state index is 11.9. The first-order valence-corrected chi connectivity index (χ1v) is 6.78. The lowest BCUT2D eigenvalue weighted by Gasteiger charge is -2.15. The van der Waals surface area contributed by atoms with Gasteiger partial charge in [-0.3, -0.25) is 4.79 Å². The van der Waals surface area contributed by atoms with Gasteiger partial charge in [0.05, 0.1) is 17.1 Å². The number of phenolic OH excluding ortho intramolecular Hbond substituents is 1. The Morgan fingerprint density at radius 2 is 2.17 bits per heavy atom. The normalized spacial score (nSPS) is 12.3. The van der Waals surface area contributed by atoms with Gasteiger partial charge in [-0.05, 0) is 25.0 Å². The molecule has 18 heavy (non-hydrogen) atoms. The molecule has 2 N–H and O–H groups in total. The monoisotopic (exact) mass is 315 g/mol. The van der Waals surface area contributed by atoms with Crippen LogP contribution >= 0.6 is 15.9 Å². The van der Waals surface area contributed by atoms with Gasteiger partial charge in [0.2, 0.25) is 5.91 Å². The molecular weight excluding hydrogens is 298 g/mol. The first kappa shape index (κ1) is 14.8. The van der Waals surface area contributed by atoms with Crippen LogP contribution in [0.3, 0.4) is 0 Å². The number of carbonyl (C=O) groups excluding carboxylic acids is 1. The van der Waals surface area contributed by atoms with Gasteiger partial charge in [-0.15, -0.1) is 0 Å². The number of amides is 1. The molecular formula is C13H18BrNO3. The first-order chi connectivity index (χ1) is 8.47. The summed E-state index contributed by atoms with van der Waals surface area (Å²) in [4.78, 5) is 11.6. The fraction of sp³-hybridized carbons (Fsp3) is 0.462. The number of alkyl halides is 1. The maximum Gasteiger partial charge on any atom is 0.238 e. The highest BCUT2D eigenvalue weighted by atomic mass is 79.9. The molecule has 0 aliphatic rings. The molecule has 0 radical (unpaired) electrons. The van der Waals surface area contributed by atoms with Crippen LogP contribution in [0.4, 0.5) is 5.69 Å². The van der Waals surface area contributed by atoms with Crippen LogP contribution in [0.1, 0.15) is 20.8 Å². The molecule has 1 aromatic carbocycles. The van der Waals surface area contributed by atoms with Gasteiger partial charge < -0.3 is 15.2 Å². The van der Waals surface area contributed by atoms with E-state index in [0.29, 0.717) is 18.0 Å². The number of halogens is 1. The van der Waals surface area contributed by atoms with Crippen molar-refractivity contribution in [1.82, 2.24) is 0 Å². The van der Waals surface area contributed by atoms with E-state index in [1.807, 2.05) is 20.8 Å². The van der Waals surface area contributed by atoms with E-state index in [1.54, 1.807) is 18.2 Å². The van der Waals surface area contributed by atoms with Crippen LogP contribution in [0.5, 0.6) is 11.5 Å². The van der Waals surface area contributed by atoms with E-state index in [0.717, 1.165) is 0 Å². The lowest BCUT2D eigenvalue weighted by molar-refractivity contribution is -0.116. The molecule has 0 saturated carbocycles. The summed E-state index contributed by atoms with van der Waals surface area (Å²) in [6.45, 7) is 6.17. The topological polar surface area (TPSA) is 58.6 Å². The standard InChI is InChI=1S/C13H18BrNO3/c1-4-18-10-7-5-6-9(12(10)16)15-13(17)11(14)8(2)3/h5-8,11,16H,4H2,1-3H3,(H,15,17). The first-order valence-electron chi connectivity index (χ1n) is 5.87. The molecule has 0 spiro atoms. The van der Waals surface area contributed by atoms with E-state index in [9.17, 15) is 9.90 Å². The minimum absolute atomic E-state index is 0.0452. The van der Waals surface area contributed by atoms with E-state index in [4.69, 9.17) is 4.74 Å². The molecule has 1 rings (SSSR count). The Hall–Kier alpha value is -1.23. The number of ether oxygens (including phenoxy) is 1. The number of nitrogens with one attached hydrogen (secondary N) is 1. The van der Waals surface area contributed by atoms with Crippen molar-refractivity contribution in [2.45, 2.75) is 25.6 Å². The van der Waals surface area contributed by atoms with Crippen molar-refractivity contribution in [3.63, 3.8) is 0 Å². The SMILES string of the molecule is CCOc1cccc(NC(=O)C(Br)C(C)C)c1O. The fourth-order valence-corrected chi connectivity index (χ4v) is 1.51. The second kappa shape index (κ2) is 6.64. The van der Waals surface area contributed by atoms with E-state index in [2.05, 4.69) is 21.2 Å². The lowest BCUT2D eigenvalue weighted by atomic mass is 10.1. The summed E-state index contributed by atoms with van der Waals surface area (Å²) in [6.07, 6.45) is 0. The average molecular weight is 316 g/mol. The Bertz CT molecular complexity index is 421. The van der Waals surface area contributed by atoms with Gasteiger partial charge in [0.25, 0.3) is 0 Å². The lowest BCUT2D eigenvalue weighted by Crippen LogP contribution is -2.27. The second-order valence-electron chi connectivity index (χ2n) is 4.22. The Labute approximate surface area is 115 Å². The zero-order valence-corrected chi connectivity index (χ0v) is 12.3. The smallest absolute Gasteiger partial charge is 0.238 e. The highest BCUT2D eigenvalue weighted by Gasteiger charge is 2.20. The predicted molar refractivity (Wildman–Crippen MR) is 75.5 cm³/mol. The van der Waals surface area contributed by atoms with Gasteiger partial charge in [-0.25, -0.2) is 0 Å². The third-order valence-electron chi connectivity index (χ3n) is 2.39. The van der Waals surface area contributed by atoms with Crippen LogP contribution in [-0.4, -0.2) is 22.4 Å². The van der Waals surface area contributed by atoms with Gasteiger partial charge in [0.15, 0.2) is 11.5 Å². The summed E-state index contributed by atoms with van der Waals surface area (Å²) < 4.78 is 5.25. The van der Waals surface area contributed by atoms with Gasteiger partial charge in [-0.1, -0.05) is 35.8 Å². The molecule has 0 fully saturated rings. The van der Waals surface area contributed by atoms with Crippen LogP contribution in [0.15, 0.2) is 18.2 Å². The zero-order chi connectivity index (χ0) is 13.7. The average Bonchev–Trinajstić information content (AvgIpc) is 2.33. The van der Waals surface area contributed by atoms with E-state index < -0.39 is 0 Å². The van der Waals surface area contributed by atoms with Gasteiger partial charge in [-0.2, -0.15) is 0 Å². The molecule has 1 unspecified atom stereocenters. The van der Waals surface area contributed by atoms with Crippen molar-refractivity contribution in [2.24, 2.45) is 5.92 Å². The van der Waals surface area contributed by atoms with Crippen LogP contribution < -0.4 is 10.1 Å². The number of hydrogen-bond acceptors (Lipinski definition) is 3. The van der Waals surface area contributed by atoms with E-state index >= 15 is 0 Å². The Morgan fingerprint density at radius 1 is 1.50 bits per heavy atom. The van der Waals surface area contributed by atoms with Crippen LogP contribution in [0.2, 0.25) is 0 Å². The molecule has 1 aromatic rings. The number of benzene rings is 1. The Kier molecular flexibility index (Phi) is 5.47. The van der Waals surface area contributed by atoms with Gasteiger partial charge in [0, 0.05) is 0 Å². The number of anilines is 1. The van der Waals surface area contributed by atoms with Crippen molar-refractivity contribution < 1.29 is 14.6 Å². The van der Waals surface area contributed by atoms with Crippen molar-refractivity contribution in [3.05, 3.63) is 18.2 Å². The Morgan fingerprint density at radius 3 is 2.72 bits per heavy atom. The summed E-state index contributed by atoms with van der Waals surface area (Å²) in [5.41, 5.74) is 0.357. The summed E-state index contributed by atoms with van der Waals surface area (Å²) in [7, 11) is 0.